The number of pyridine rings is 1. The lowest BCUT2D eigenvalue weighted by Crippen LogP contribution is -2.37. The first-order valence-electron chi connectivity index (χ1n) is 8.46. The monoisotopic (exact) mass is 386 g/mol. The van der Waals surface area contributed by atoms with E-state index in [0.717, 1.165) is 10.1 Å². The standard InChI is InChI=1S/C19H19ClN4O3/c1-4-14(11-6-5-7-12(20)10-11)22-17(25)15-9-8-13-16(21-15)23(2)19(27)24(3)18(13)26/h5-10,14H,4H2,1-3H3,(H,22,25). The van der Waals surface area contributed by atoms with Crippen LogP contribution in [0.2, 0.25) is 5.02 Å². The van der Waals surface area contributed by atoms with E-state index in [1.54, 1.807) is 12.1 Å². The Bertz CT molecular complexity index is 1150. The van der Waals surface area contributed by atoms with Gasteiger partial charge in [0.05, 0.1) is 11.4 Å². The molecule has 3 rings (SSSR count). The molecule has 140 valence electrons. The number of carbonyl (C=O) groups excluding carboxylic acids is 1. The minimum absolute atomic E-state index is 0.131. The number of nitrogens with zero attached hydrogens (tertiary/aromatic N) is 3. The molecule has 0 bridgehead atoms. The van der Waals surface area contributed by atoms with Gasteiger partial charge in [-0.2, -0.15) is 0 Å². The summed E-state index contributed by atoms with van der Waals surface area (Å²) in [4.78, 5) is 41.3. The van der Waals surface area contributed by atoms with Gasteiger partial charge in [-0.3, -0.25) is 18.7 Å². The van der Waals surface area contributed by atoms with Crippen molar-refractivity contribution in [3.63, 3.8) is 0 Å². The largest absolute Gasteiger partial charge is 0.344 e. The second-order valence-corrected chi connectivity index (χ2v) is 6.70. The second-order valence-electron chi connectivity index (χ2n) is 6.26. The van der Waals surface area contributed by atoms with Crippen LogP contribution >= 0.6 is 11.6 Å². The van der Waals surface area contributed by atoms with Gasteiger partial charge in [0.25, 0.3) is 11.5 Å². The number of benzene rings is 1. The van der Waals surface area contributed by atoms with Crippen LogP contribution in [0.1, 0.15) is 35.4 Å². The molecule has 27 heavy (non-hydrogen) atoms. The van der Waals surface area contributed by atoms with Gasteiger partial charge in [-0.1, -0.05) is 30.7 Å². The van der Waals surface area contributed by atoms with Crippen LogP contribution in [0.25, 0.3) is 11.0 Å². The zero-order valence-electron chi connectivity index (χ0n) is 15.2. The van der Waals surface area contributed by atoms with Crippen molar-refractivity contribution in [1.82, 2.24) is 19.4 Å². The normalized spacial score (nSPS) is 12.1. The fourth-order valence-electron chi connectivity index (χ4n) is 2.96. The van der Waals surface area contributed by atoms with Gasteiger partial charge in [0.2, 0.25) is 0 Å². The molecule has 0 saturated carbocycles. The van der Waals surface area contributed by atoms with Gasteiger partial charge in [-0.25, -0.2) is 9.78 Å². The Morgan fingerprint density at radius 1 is 1.19 bits per heavy atom. The third kappa shape index (κ3) is 3.50. The number of amides is 1. The molecule has 1 N–H and O–H groups in total. The zero-order chi connectivity index (χ0) is 19.7. The summed E-state index contributed by atoms with van der Waals surface area (Å²) in [6.45, 7) is 1.95. The van der Waals surface area contributed by atoms with Crippen LogP contribution in [0.5, 0.6) is 0 Å². The summed E-state index contributed by atoms with van der Waals surface area (Å²) >= 11 is 6.04. The van der Waals surface area contributed by atoms with Crippen LogP contribution < -0.4 is 16.6 Å². The average molecular weight is 387 g/mol. The summed E-state index contributed by atoms with van der Waals surface area (Å²) in [7, 11) is 2.92. The molecule has 1 atom stereocenters. The molecule has 2 aromatic heterocycles. The molecule has 0 aliphatic heterocycles. The number of halogens is 1. The fraction of sp³-hybridized carbons (Fsp3) is 0.263. The second kappa shape index (κ2) is 7.36. The van der Waals surface area contributed by atoms with Crippen LogP contribution in [-0.4, -0.2) is 20.0 Å². The van der Waals surface area contributed by atoms with Crippen molar-refractivity contribution < 1.29 is 4.79 Å². The molecule has 1 amide bonds. The summed E-state index contributed by atoms with van der Waals surface area (Å²) < 4.78 is 2.26. The quantitative estimate of drug-likeness (QED) is 0.744. The van der Waals surface area contributed by atoms with Crippen molar-refractivity contribution in [3.05, 3.63) is 73.5 Å². The van der Waals surface area contributed by atoms with Crippen LogP contribution in [0, 0.1) is 0 Å². The Morgan fingerprint density at radius 3 is 2.59 bits per heavy atom. The highest BCUT2D eigenvalue weighted by molar-refractivity contribution is 6.30. The highest BCUT2D eigenvalue weighted by Gasteiger charge is 2.17. The summed E-state index contributed by atoms with van der Waals surface area (Å²) in [5.74, 6) is -0.392. The van der Waals surface area contributed by atoms with Crippen molar-refractivity contribution in [3.8, 4) is 0 Å². The van der Waals surface area contributed by atoms with Gasteiger partial charge in [0.1, 0.15) is 11.3 Å². The molecular formula is C19H19ClN4O3. The zero-order valence-corrected chi connectivity index (χ0v) is 15.9. The molecule has 0 fully saturated rings. The predicted octanol–water partition coefficient (Wildman–Crippen LogP) is 2.17. The van der Waals surface area contributed by atoms with Gasteiger partial charge >= 0.3 is 5.69 Å². The van der Waals surface area contributed by atoms with Gasteiger partial charge in [-0.15, -0.1) is 0 Å². The van der Waals surface area contributed by atoms with Gasteiger partial charge in [0.15, 0.2) is 0 Å². The molecule has 3 aromatic rings. The number of fused-ring (bicyclic) bond motifs is 1. The lowest BCUT2D eigenvalue weighted by molar-refractivity contribution is 0.0931. The summed E-state index contributed by atoms with van der Waals surface area (Å²) in [6, 6.07) is 10.0. The first-order valence-corrected chi connectivity index (χ1v) is 8.84. The van der Waals surface area contributed by atoms with E-state index in [1.807, 2.05) is 19.1 Å². The Kier molecular flexibility index (Phi) is 5.14. The molecule has 0 saturated heterocycles. The first-order chi connectivity index (χ1) is 12.8. The molecule has 0 spiro atoms. The predicted molar refractivity (Wildman–Crippen MR) is 104 cm³/mol. The molecule has 0 radical (unpaired) electrons. The SMILES string of the molecule is CCC(NC(=O)c1ccc2c(=O)n(C)c(=O)n(C)c2n1)c1cccc(Cl)c1. The maximum atomic E-state index is 12.7. The van der Waals surface area contributed by atoms with Crippen LogP contribution in [0.3, 0.4) is 0 Å². The third-order valence-corrected chi connectivity index (χ3v) is 4.73. The van der Waals surface area contributed by atoms with Crippen molar-refractivity contribution in [2.24, 2.45) is 14.1 Å². The Labute approximate surface area is 160 Å². The highest BCUT2D eigenvalue weighted by atomic mass is 35.5. The van der Waals surface area contributed by atoms with Crippen molar-refractivity contribution in [2.45, 2.75) is 19.4 Å². The van der Waals surface area contributed by atoms with E-state index >= 15 is 0 Å². The average Bonchev–Trinajstić information content (AvgIpc) is 2.68. The summed E-state index contributed by atoms with van der Waals surface area (Å²) in [6.07, 6.45) is 0.665. The van der Waals surface area contributed by atoms with Gasteiger partial charge in [-0.05, 0) is 36.2 Å². The molecule has 2 heterocycles. The summed E-state index contributed by atoms with van der Waals surface area (Å²) in [5, 5.41) is 3.79. The Hall–Kier alpha value is -2.93. The first kappa shape index (κ1) is 18.8. The van der Waals surface area contributed by atoms with E-state index in [2.05, 4.69) is 10.3 Å². The molecule has 8 heteroatoms. The van der Waals surface area contributed by atoms with Crippen molar-refractivity contribution in [2.75, 3.05) is 0 Å². The number of hydrogen-bond donors (Lipinski definition) is 1. The Balaban J connectivity index is 1.98. The van der Waals surface area contributed by atoms with E-state index in [0.29, 0.717) is 11.4 Å². The van der Waals surface area contributed by atoms with E-state index in [1.165, 1.54) is 30.8 Å². The highest BCUT2D eigenvalue weighted by Crippen LogP contribution is 2.20. The molecule has 1 aromatic carbocycles. The number of hydrogen-bond acceptors (Lipinski definition) is 4. The van der Waals surface area contributed by atoms with Crippen molar-refractivity contribution >= 4 is 28.5 Å². The summed E-state index contributed by atoms with van der Waals surface area (Å²) in [5.41, 5.74) is 0.249. The fourth-order valence-corrected chi connectivity index (χ4v) is 3.16. The molecular weight excluding hydrogens is 368 g/mol. The van der Waals surface area contributed by atoms with Crippen LogP contribution in [-0.2, 0) is 14.1 Å². The lowest BCUT2D eigenvalue weighted by atomic mass is 10.0. The van der Waals surface area contributed by atoms with Crippen molar-refractivity contribution in [1.29, 1.82) is 0 Å². The minimum atomic E-state index is -0.497. The smallest absolute Gasteiger partial charge is 0.332 e. The van der Waals surface area contributed by atoms with Crippen LogP contribution in [0.15, 0.2) is 46.0 Å². The van der Waals surface area contributed by atoms with E-state index < -0.39 is 17.2 Å². The van der Waals surface area contributed by atoms with Gasteiger partial charge in [0, 0.05) is 19.1 Å². The lowest BCUT2D eigenvalue weighted by Gasteiger charge is -2.17. The molecule has 7 nitrogen and oxygen atoms in total. The molecule has 0 aliphatic carbocycles. The van der Waals surface area contributed by atoms with Gasteiger partial charge < -0.3 is 5.32 Å². The third-order valence-electron chi connectivity index (χ3n) is 4.50. The van der Waals surface area contributed by atoms with E-state index in [-0.39, 0.29) is 22.8 Å². The number of nitrogens with one attached hydrogen (secondary N) is 1. The topological polar surface area (TPSA) is 86.0 Å². The maximum Gasteiger partial charge on any atom is 0.332 e. The molecule has 0 aliphatic rings. The number of aromatic nitrogens is 3. The number of rotatable bonds is 4. The maximum absolute atomic E-state index is 12.7. The Morgan fingerprint density at radius 2 is 1.93 bits per heavy atom. The molecule has 1 unspecified atom stereocenters. The van der Waals surface area contributed by atoms with E-state index in [4.69, 9.17) is 11.6 Å². The number of aryl methyl sites for hydroxylation is 1. The minimum Gasteiger partial charge on any atom is -0.344 e. The van der Waals surface area contributed by atoms with E-state index in [9.17, 15) is 14.4 Å². The number of carbonyl (C=O) groups is 1. The van der Waals surface area contributed by atoms with Crippen LogP contribution in [0.4, 0.5) is 0 Å².